The smallest absolute Gasteiger partial charge is 0.253 e. The first-order chi connectivity index (χ1) is 8.67. The number of hydrogen-bond acceptors (Lipinski definition) is 5. The van der Waals surface area contributed by atoms with E-state index in [2.05, 4.69) is 15.0 Å². The Morgan fingerprint density at radius 3 is 3.17 bits per heavy atom. The van der Waals surface area contributed by atoms with Gasteiger partial charge in [-0.3, -0.25) is 9.78 Å². The van der Waals surface area contributed by atoms with E-state index in [0.29, 0.717) is 18.1 Å². The molecule has 0 spiro atoms. The van der Waals surface area contributed by atoms with Crippen LogP contribution in [-0.4, -0.2) is 23.3 Å². The molecule has 0 fully saturated rings. The molecule has 18 heavy (non-hydrogen) atoms. The van der Waals surface area contributed by atoms with Crippen LogP contribution in [0.1, 0.15) is 11.5 Å². The maximum atomic E-state index is 11.1. The summed E-state index contributed by atoms with van der Waals surface area (Å²) in [6.07, 6.45) is 1.44. The van der Waals surface area contributed by atoms with Crippen molar-refractivity contribution < 1.29 is 9.15 Å². The van der Waals surface area contributed by atoms with Gasteiger partial charge in [0.15, 0.2) is 0 Å². The normalized spacial score (nSPS) is 11.2. The SMILES string of the molecule is COCc1ccc(C=Nc2nc(Cl)cc(=O)[nH]2)o1. The minimum atomic E-state index is -0.360. The summed E-state index contributed by atoms with van der Waals surface area (Å²) in [6.45, 7) is 0.389. The van der Waals surface area contributed by atoms with Crippen molar-refractivity contribution in [3.63, 3.8) is 0 Å². The quantitative estimate of drug-likeness (QED) is 0.678. The Morgan fingerprint density at radius 2 is 2.44 bits per heavy atom. The molecule has 7 heteroatoms. The van der Waals surface area contributed by atoms with Gasteiger partial charge >= 0.3 is 0 Å². The number of rotatable bonds is 4. The molecule has 0 aliphatic rings. The molecule has 0 aromatic carbocycles. The molecule has 0 saturated carbocycles. The van der Waals surface area contributed by atoms with Crippen LogP contribution in [0.15, 0.2) is 32.4 Å². The Labute approximate surface area is 107 Å². The average Bonchev–Trinajstić information content (AvgIpc) is 2.74. The zero-order valence-corrected chi connectivity index (χ0v) is 10.3. The Hall–Kier alpha value is -1.92. The Balaban J connectivity index is 2.16. The molecule has 0 aliphatic heterocycles. The molecule has 0 amide bonds. The van der Waals surface area contributed by atoms with E-state index in [9.17, 15) is 4.79 Å². The van der Waals surface area contributed by atoms with Crippen LogP contribution in [0.5, 0.6) is 0 Å². The lowest BCUT2D eigenvalue weighted by atomic mass is 10.4. The van der Waals surface area contributed by atoms with Gasteiger partial charge in [0.1, 0.15) is 23.3 Å². The average molecular weight is 268 g/mol. The lowest BCUT2D eigenvalue weighted by Gasteiger charge is -1.93. The van der Waals surface area contributed by atoms with Gasteiger partial charge in [-0.25, -0.2) is 9.98 Å². The van der Waals surface area contributed by atoms with Crippen LogP contribution in [0.4, 0.5) is 5.95 Å². The highest BCUT2D eigenvalue weighted by Crippen LogP contribution is 2.09. The summed E-state index contributed by atoms with van der Waals surface area (Å²) in [7, 11) is 1.58. The number of aliphatic imine (C=N–C) groups is 1. The number of aromatic amines is 1. The predicted octanol–water partition coefficient (Wildman–Crippen LogP) is 1.91. The van der Waals surface area contributed by atoms with Crippen LogP contribution in [0, 0.1) is 0 Å². The minimum absolute atomic E-state index is 0.0883. The van der Waals surface area contributed by atoms with Gasteiger partial charge in [0.2, 0.25) is 5.95 Å². The molecule has 94 valence electrons. The van der Waals surface area contributed by atoms with Crippen LogP contribution in [0.2, 0.25) is 5.15 Å². The second-order valence-corrected chi connectivity index (χ2v) is 3.77. The first-order valence-electron chi connectivity index (χ1n) is 5.06. The van der Waals surface area contributed by atoms with Crippen molar-refractivity contribution in [2.75, 3.05) is 7.11 Å². The third kappa shape index (κ3) is 3.28. The van der Waals surface area contributed by atoms with Gasteiger partial charge < -0.3 is 9.15 Å². The number of halogens is 1. The maximum absolute atomic E-state index is 11.1. The fraction of sp³-hybridized carbons (Fsp3) is 0.182. The van der Waals surface area contributed by atoms with E-state index >= 15 is 0 Å². The lowest BCUT2D eigenvalue weighted by molar-refractivity contribution is 0.164. The molecule has 0 bridgehead atoms. The first kappa shape index (κ1) is 12.5. The molecule has 0 atom stereocenters. The van der Waals surface area contributed by atoms with Crippen LogP contribution in [-0.2, 0) is 11.3 Å². The van der Waals surface area contributed by atoms with E-state index in [1.54, 1.807) is 19.2 Å². The van der Waals surface area contributed by atoms with E-state index in [1.807, 2.05) is 0 Å². The summed E-state index contributed by atoms with van der Waals surface area (Å²) in [4.78, 5) is 21.4. The number of hydrogen-bond donors (Lipinski definition) is 1. The summed E-state index contributed by atoms with van der Waals surface area (Å²) in [5.41, 5.74) is -0.360. The number of methoxy groups -OCH3 is 1. The minimum Gasteiger partial charge on any atom is -0.458 e. The Kier molecular flexibility index (Phi) is 3.91. The highest BCUT2D eigenvalue weighted by molar-refractivity contribution is 6.29. The number of ether oxygens (including phenoxy) is 1. The highest BCUT2D eigenvalue weighted by Gasteiger charge is 2.00. The molecule has 2 aromatic heterocycles. The molecule has 0 radical (unpaired) electrons. The van der Waals surface area contributed by atoms with E-state index < -0.39 is 0 Å². The largest absolute Gasteiger partial charge is 0.458 e. The topological polar surface area (TPSA) is 80.5 Å². The molecule has 1 N–H and O–H groups in total. The number of aromatic nitrogens is 2. The highest BCUT2D eigenvalue weighted by atomic mass is 35.5. The van der Waals surface area contributed by atoms with Gasteiger partial charge in [0.05, 0.1) is 6.21 Å². The number of H-pyrrole nitrogens is 1. The van der Waals surface area contributed by atoms with Gasteiger partial charge in [-0.2, -0.15) is 0 Å². The third-order valence-corrected chi connectivity index (χ3v) is 2.17. The van der Waals surface area contributed by atoms with Crippen molar-refractivity contribution in [3.05, 3.63) is 45.2 Å². The van der Waals surface area contributed by atoms with Crippen LogP contribution in [0.25, 0.3) is 0 Å². The summed E-state index contributed by atoms with van der Waals surface area (Å²) in [6, 6.07) is 4.68. The standard InChI is InChI=1S/C11H10ClN3O3/c1-17-6-8-3-2-7(18-8)5-13-11-14-9(12)4-10(16)15-11/h2-5H,6H2,1H3,(H,14,15,16). The predicted molar refractivity (Wildman–Crippen MR) is 66.5 cm³/mol. The number of nitrogens with one attached hydrogen (secondary N) is 1. The van der Waals surface area contributed by atoms with Gasteiger partial charge in [-0.15, -0.1) is 0 Å². The fourth-order valence-corrected chi connectivity index (χ4v) is 1.46. The molecule has 2 aromatic rings. The van der Waals surface area contributed by atoms with Crippen molar-refractivity contribution in [2.45, 2.75) is 6.61 Å². The molecule has 6 nitrogen and oxygen atoms in total. The molecule has 2 rings (SSSR count). The summed E-state index contributed by atoms with van der Waals surface area (Å²) >= 11 is 5.63. The van der Waals surface area contributed by atoms with Gasteiger partial charge in [0.25, 0.3) is 5.56 Å². The molecule has 0 unspecified atom stereocenters. The van der Waals surface area contributed by atoms with Gasteiger partial charge in [0, 0.05) is 13.2 Å². The summed E-state index contributed by atoms with van der Waals surface area (Å²) in [5.74, 6) is 1.34. The number of nitrogens with zero attached hydrogens (tertiary/aromatic N) is 2. The molecule has 2 heterocycles. The second kappa shape index (κ2) is 5.61. The van der Waals surface area contributed by atoms with Crippen LogP contribution in [0.3, 0.4) is 0 Å². The first-order valence-corrected chi connectivity index (χ1v) is 5.44. The Bertz CT molecular complexity index is 618. The summed E-state index contributed by atoms with van der Waals surface area (Å²) < 4.78 is 10.3. The summed E-state index contributed by atoms with van der Waals surface area (Å²) in [5, 5.41) is 0.0883. The zero-order chi connectivity index (χ0) is 13.0. The molecule has 0 saturated heterocycles. The molecular formula is C11H10ClN3O3. The van der Waals surface area contributed by atoms with Gasteiger partial charge in [-0.1, -0.05) is 11.6 Å². The second-order valence-electron chi connectivity index (χ2n) is 3.39. The third-order valence-electron chi connectivity index (χ3n) is 1.98. The fourth-order valence-electron chi connectivity index (χ4n) is 1.29. The molecular weight excluding hydrogens is 258 g/mol. The van der Waals surface area contributed by atoms with E-state index in [0.717, 1.165) is 0 Å². The monoisotopic (exact) mass is 267 g/mol. The number of furan rings is 1. The van der Waals surface area contributed by atoms with Crippen LogP contribution < -0.4 is 5.56 Å². The van der Waals surface area contributed by atoms with Crippen molar-refractivity contribution in [3.8, 4) is 0 Å². The van der Waals surface area contributed by atoms with Crippen molar-refractivity contribution in [1.82, 2.24) is 9.97 Å². The van der Waals surface area contributed by atoms with Gasteiger partial charge in [-0.05, 0) is 12.1 Å². The van der Waals surface area contributed by atoms with Crippen molar-refractivity contribution in [2.24, 2.45) is 4.99 Å². The Morgan fingerprint density at radius 1 is 1.61 bits per heavy atom. The van der Waals surface area contributed by atoms with Crippen molar-refractivity contribution in [1.29, 1.82) is 0 Å². The van der Waals surface area contributed by atoms with E-state index in [4.69, 9.17) is 20.8 Å². The lowest BCUT2D eigenvalue weighted by Crippen LogP contribution is -2.04. The van der Waals surface area contributed by atoms with E-state index in [-0.39, 0.29) is 16.7 Å². The van der Waals surface area contributed by atoms with Crippen molar-refractivity contribution >= 4 is 23.8 Å². The maximum Gasteiger partial charge on any atom is 0.253 e. The van der Waals surface area contributed by atoms with Crippen LogP contribution >= 0.6 is 11.6 Å². The zero-order valence-electron chi connectivity index (χ0n) is 9.51. The molecule has 0 aliphatic carbocycles. The van der Waals surface area contributed by atoms with E-state index in [1.165, 1.54) is 12.3 Å².